The summed E-state index contributed by atoms with van der Waals surface area (Å²) in [5, 5.41) is 0. The summed E-state index contributed by atoms with van der Waals surface area (Å²) in [6.07, 6.45) is 25.7. The maximum absolute atomic E-state index is 2.96. The Morgan fingerprint density at radius 2 is 1.02 bits per heavy atom. The lowest BCUT2D eigenvalue weighted by molar-refractivity contribution is 0.0941. The minimum atomic E-state index is -0.198. The first-order chi connectivity index (χ1) is 54.5. The van der Waals surface area contributed by atoms with Crippen LogP contribution in [0.5, 0.6) is 0 Å². The van der Waals surface area contributed by atoms with Gasteiger partial charge < -0.3 is 29.4 Å². The maximum Gasteiger partial charge on any atom is 0.252 e. The number of allylic oxidation sites excluding steroid dienone is 5. The third-order valence-electron chi connectivity index (χ3n) is 30.9. The second-order valence-electron chi connectivity index (χ2n) is 40.6. The van der Waals surface area contributed by atoms with Crippen molar-refractivity contribution >= 4 is 120 Å². The number of nitrogens with zero attached hydrogens (tertiary/aromatic N) is 6. The van der Waals surface area contributed by atoms with Crippen LogP contribution in [0.2, 0.25) is 0 Å². The van der Waals surface area contributed by atoms with Gasteiger partial charge in [-0.05, 0) is 269 Å². The fourth-order valence-electron chi connectivity index (χ4n) is 24.4. The van der Waals surface area contributed by atoms with E-state index < -0.39 is 0 Å². The fraction of sp³-hybridized carbons (Fsp3) is 0.358. The second kappa shape index (κ2) is 25.5. The van der Waals surface area contributed by atoms with Gasteiger partial charge in [-0.25, -0.2) is 0 Å². The number of para-hydroxylation sites is 3. The summed E-state index contributed by atoms with van der Waals surface area (Å²) in [6, 6.07) is 84.2. The Balaban J connectivity index is 0.672. The Morgan fingerprint density at radius 3 is 1.61 bits per heavy atom. The largest absolute Gasteiger partial charge is 0.359 e. The van der Waals surface area contributed by atoms with Crippen molar-refractivity contribution in [1.82, 2.24) is 0 Å². The van der Waals surface area contributed by atoms with E-state index in [-0.39, 0.29) is 57.0 Å². The average molecular weight is 1490 g/mol. The van der Waals surface area contributed by atoms with Gasteiger partial charge in [0.15, 0.2) is 0 Å². The van der Waals surface area contributed by atoms with E-state index in [4.69, 9.17) is 0 Å². The summed E-state index contributed by atoms with van der Waals surface area (Å²) in [7, 11) is 0. The molecule has 0 spiro atoms. The molecule has 0 bridgehead atoms. The minimum Gasteiger partial charge on any atom is -0.359 e. The summed E-state index contributed by atoms with van der Waals surface area (Å²) in [6.45, 7) is 41.6. The van der Waals surface area contributed by atoms with Crippen LogP contribution in [-0.4, -0.2) is 30.5 Å². The Bertz CT molecular complexity index is 5660. The number of hydrogen-bond donors (Lipinski definition) is 0. The van der Waals surface area contributed by atoms with Crippen LogP contribution in [0.1, 0.15) is 195 Å². The van der Waals surface area contributed by atoms with Crippen LogP contribution < -0.4 is 56.7 Å². The molecule has 0 aromatic heterocycles. The van der Waals surface area contributed by atoms with Gasteiger partial charge in [0.25, 0.3) is 6.71 Å². The van der Waals surface area contributed by atoms with Crippen molar-refractivity contribution in [3.63, 3.8) is 0 Å². The number of anilines is 14. The highest BCUT2D eigenvalue weighted by Gasteiger charge is 2.68. The van der Waals surface area contributed by atoms with E-state index in [2.05, 4.69) is 396 Å². The van der Waals surface area contributed by atoms with Crippen molar-refractivity contribution in [2.24, 2.45) is 28.6 Å². The van der Waals surface area contributed by atoms with Gasteiger partial charge in [-0.15, -0.1) is 0 Å². The lowest BCUT2D eigenvalue weighted by Crippen LogP contribution is -2.65. The van der Waals surface area contributed by atoms with Gasteiger partial charge in [-0.1, -0.05) is 260 Å². The normalized spacial score (nSPS) is 24.5. The van der Waals surface area contributed by atoms with Gasteiger partial charge >= 0.3 is 0 Å². The van der Waals surface area contributed by atoms with E-state index in [0.29, 0.717) is 23.8 Å². The van der Waals surface area contributed by atoms with Crippen molar-refractivity contribution in [2.75, 3.05) is 29.4 Å². The van der Waals surface area contributed by atoms with Crippen LogP contribution in [0, 0.1) is 42.4 Å². The zero-order valence-electron chi connectivity index (χ0n) is 70.7. The van der Waals surface area contributed by atoms with Crippen molar-refractivity contribution in [3.05, 3.63) is 293 Å². The molecule has 8 atom stereocenters. The highest BCUT2D eigenvalue weighted by molar-refractivity contribution is 7.00. The Hall–Kier alpha value is -9.91. The molecular formula is C106H114B2N6. The first kappa shape index (κ1) is 73.0. The third-order valence-corrected chi connectivity index (χ3v) is 30.9. The van der Waals surface area contributed by atoms with Crippen LogP contribution in [-0.2, 0) is 21.7 Å². The fourth-order valence-corrected chi connectivity index (χ4v) is 24.4. The van der Waals surface area contributed by atoms with E-state index >= 15 is 0 Å². The van der Waals surface area contributed by atoms with Gasteiger partial charge in [0, 0.05) is 102 Å². The highest BCUT2D eigenvalue weighted by atomic mass is 15.3. The minimum absolute atomic E-state index is 0.0182. The monoisotopic (exact) mass is 1490 g/mol. The molecule has 8 heteroatoms. The van der Waals surface area contributed by atoms with E-state index in [9.17, 15) is 0 Å². The maximum atomic E-state index is 2.96. The van der Waals surface area contributed by atoms with Crippen LogP contribution in [0.3, 0.4) is 0 Å². The molecule has 114 heavy (non-hydrogen) atoms. The van der Waals surface area contributed by atoms with Crippen LogP contribution >= 0.6 is 0 Å². The number of rotatable bonds is 11. The Morgan fingerprint density at radius 1 is 0.474 bits per heavy atom. The molecule has 0 amide bonds. The Labute approximate surface area is 681 Å². The van der Waals surface area contributed by atoms with Gasteiger partial charge in [0.2, 0.25) is 6.71 Å². The molecule has 6 aliphatic heterocycles. The number of fused-ring (bicyclic) bond motifs is 14. The summed E-state index contributed by atoms with van der Waals surface area (Å²) in [4.78, 5) is 16.2. The number of hydrogen-bond acceptors (Lipinski definition) is 6. The molecule has 1 saturated heterocycles. The molecule has 0 radical (unpaired) electrons. The van der Waals surface area contributed by atoms with Crippen molar-refractivity contribution in [1.29, 1.82) is 0 Å². The van der Waals surface area contributed by atoms with Crippen molar-refractivity contribution < 1.29 is 0 Å². The van der Waals surface area contributed by atoms with E-state index in [1.807, 2.05) is 0 Å². The molecule has 8 unspecified atom stereocenters. The predicted molar refractivity (Wildman–Crippen MR) is 488 cm³/mol. The summed E-state index contributed by atoms with van der Waals surface area (Å²) >= 11 is 0. The smallest absolute Gasteiger partial charge is 0.252 e. The van der Waals surface area contributed by atoms with Crippen molar-refractivity contribution in [2.45, 2.75) is 214 Å². The molecule has 3 fully saturated rings. The molecule has 4 aliphatic carbocycles. The first-order valence-electron chi connectivity index (χ1n) is 43.2. The second-order valence-corrected chi connectivity index (χ2v) is 40.6. The van der Waals surface area contributed by atoms with Crippen LogP contribution in [0.4, 0.5) is 79.6 Å². The standard InChI is InChI=1S/C106H114B2N6/c1-68-63-72(100(6,7)8)48-58-87(68)112(88-59-49-73(64-69(88)2)101(9,10)11)80-55-57-84-94(66-80)111(76-34-22-19-23-35-76)90-41-29-43-92-96(90)108(84)86-39-27-37-82-98(86)114(92)105(16)62-30-31-74(106(82,105)17)67-102(12,13)71-46-52-78(53-47-71)109(77-50-44-70(45-51-77)99(3,4)5)79-54-56-83-93(65-79)110(75-32-20-18-21-33-75)89-40-28-42-91-95(89)107(83)85-38-26-36-81-97(85)113(91)104(15)61-25-24-60-103(81,104)14/h18-23,26-29,32-44,46-59,63-66,70,74,81,97H,24-25,30-31,45,60-62,67H2,1-17H3. The molecule has 574 valence electrons. The third kappa shape index (κ3) is 10.5. The lowest BCUT2D eigenvalue weighted by atomic mass is 9.31. The molecule has 6 nitrogen and oxygen atoms in total. The number of benzene rings is 10. The van der Waals surface area contributed by atoms with Crippen molar-refractivity contribution in [3.8, 4) is 0 Å². The molecule has 0 N–H and O–H groups in total. The summed E-state index contributed by atoms with van der Waals surface area (Å²) < 4.78 is 0. The van der Waals surface area contributed by atoms with E-state index in [1.165, 1.54) is 179 Å². The zero-order valence-corrected chi connectivity index (χ0v) is 70.7. The molecule has 10 aromatic rings. The zero-order chi connectivity index (χ0) is 78.9. The van der Waals surface area contributed by atoms with Gasteiger partial charge in [-0.3, -0.25) is 0 Å². The molecule has 10 aromatic carbocycles. The first-order valence-corrected chi connectivity index (χ1v) is 43.2. The van der Waals surface area contributed by atoms with E-state index in [0.717, 1.165) is 24.9 Å². The van der Waals surface area contributed by atoms with E-state index in [1.54, 1.807) is 5.47 Å². The molecule has 6 heterocycles. The number of aryl methyl sites for hydroxylation is 2. The lowest BCUT2D eigenvalue weighted by Gasteiger charge is -2.56. The molecule has 20 rings (SSSR count). The van der Waals surface area contributed by atoms with Crippen LogP contribution in [0.15, 0.2) is 260 Å². The summed E-state index contributed by atoms with van der Waals surface area (Å²) in [5.41, 5.74) is 35.5. The average Bonchev–Trinajstić information content (AvgIpc) is 1.49. The molecule has 2 saturated carbocycles. The topological polar surface area (TPSA) is 19.4 Å². The van der Waals surface area contributed by atoms with Gasteiger partial charge in [-0.2, -0.15) is 0 Å². The van der Waals surface area contributed by atoms with Gasteiger partial charge in [0.1, 0.15) is 0 Å². The highest BCUT2D eigenvalue weighted by Crippen LogP contribution is 2.67. The predicted octanol–water partition coefficient (Wildman–Crippen LogP) is 24.5. The quantitative estimate of drug-likeness (QED) is 0.119. The SMILES string of the molecule is Cc1cc(C(C)(C)C)ccc1N(c1ccc2c(c1)N(c1ccccc1)c1cccc3c1B2c1cccc2c1N3C1(C)CCCC(CC(C)(C)c3ccc(N(C4=CCC(C(C)(C)C)C=C4)c4ccc5c(c4)N(c4ccccc4)c4cccc6c4B5C4=CC=CC5C4N6C4(C)CCCCC54C)cc3)C21C)c1ccc(C(C)(C)C)cc1C. The molecule has 10 aliphatic rings. The van der Waals surface area contributed by atoms with Gasteiger partial charge in [0.05, 0.1) is 11.6 Å². The van der Waals surface area contributed by atoms with Crippen LogP contribution in [0.25, 0.3) is 0 Å². The summed E-state index contributed by atoms with van der Waals surface area (Å²) in [5.74, 6) is 1.31. The molecular weight excluding hydrogens is 1380 g/mol. The Kier molecular flexibility index (Phi) is 16.4.